The zero-order valence-corrected chi connectivity index (χ0v) is 23.9. The third kappa shape index (κ3) is 6.79. The smallest absolute Gasteiger partial charge is 0.265 e. The Morgan fingerprint density at radius 2 is 1.80 bits per heavy atom. The van der Waals surface area contributed by atoms with Crippen molar-refractivity contribution in [2.24, 2.45) is 5.41 Å². The van der Waals surface area contributed by atoms with Crippen LogP contribution in [0.15, 0.2) is 41.3 Å². The van der Waals surface area contributed by atoms with E-state index in [9.17, 15) is 22.9 Å². The summed E-state index contributed by atoms with van der Waals surface area (Å²) in [4.78, 5) is 14.5. The standard InChI is InChI=1S/C29H36F2N4O4S/c1-28-11-13-29(14-12-28,39-19-28)27(36)34-40(37,38)24-16-21(18-32)26(25(31)17-24)33-23(10-15-35(2)3)9-6-20-4-7-22(30)8-5-20/h4-5,7-8,16-17,23,33H,6,9-15,19H2,1-3H3,(H,34,36)/t23-,28?,29?/m0/s1. The molecule has 2 aliphatic heterocycles. The molecule has 3 fully saturated rings. The molecule has 2 aromatic rings. The van der Waals surface area contributed by atoms with E-state index < -0.39 is 32.2 Å². The van der Waals surface area contributed by atoms with Gasteiger partial charge >= 0.3 is 0 Å². The van der Waals surface area contributed by atoms with Crippen LogP contribution < -0.4 is 10.0 Å². The highest BCUT2D eigenvalue weighted by atomic mass is 32.2. The third-order valence-corrected chi connectivity index (χ3v) is 9.38. The van der Waals surface area contributed by atoms with Gasteiger partial charge in [0, 0.05) is 6.04 Å². The van der Waals surface area contributed by atoms with Crippen molar-refractivity contribution in [1.29, 1.82) is 5.26 Å². The lowest BCUT2D eigenvalue weighted by atomic mass is 9.67. The number of aryl methyl sites for hydroxylation is 1. The topological polar surface area (TPSA) is 112 Å². The van der Waals surface area contributed by atoms with Crippen LogP contribution in [0.3, 0.4) is 0 Å². The maximum absolute atomic E-state index is 15.4. The van der Waals surface area contributed by atoms with Crippen molar-refractivity contribution in [3.63, 3.8) is 0 Å². The Bertz CT molecular complexity index is 1370. The van der Waals surface area contributed by atoms with Gasteiger partial charge in [0.1, 0.15) is 23.3 Å². The predicted molar refractivity (Wildman–Crippen MR) is 147 cm³/mol. The van der Waals surface area contributed by atoms with E-state index in [1.807, 2.05) is 25.1 Å². The predicted octanol–water partition coefficient (Wildman–Crippen LogP) is 4.36. The van der Waals surface area contributed by atoms with Gasteiger partial charge in [-0.3, -0.25) is 4.79 Å². The molecule has 2 N–H and O–H groups in total. The molecule has 2 bridgehead atoms. The second-order valence-electron chi connectivity index (χ2n) is 11.6. The molecule has 1 amide bonds. The SMILES string of the molecule is CN(C)CC[C@H](CCc1ccc(F)cc1)Nc1c(F)cc(S(=O)(=O)NC(=O)C23CCC(C)(CC2)CO3)cc1C#N. The van der Waals surface area contributed by atoms with Crippen molar-refractivity contribution < 1.29 is 26.7 Å². The Labute approximate surface area is 234 Å². The molecule has 0 aromatic heterocycles. The molecule has 2 aromatic carbocycles. The molecule has 11 heteroatoms. The highest BCUT2D eigenvalue weighted by Gasteiger charge is 2.52. The van der Waals surface area contributed by atoms with E-state index in [-0.39, 0.29) is 28.5 Å². The van der Waals surface area contributed by atoms with Crippen molar-refractivity contribution in [1.82, 2.24) is 9.62 Å². The number of nitrogens with one attached hydrogen (secondary N) is 2. The normalized spacial score (nSPS) is 23.0. The monoisotopic (exact) mass is 574 g/mol. The van der Waals surface area contributed by atoms with Crippen molar-refractivity contribution in [3.8, 4) is 6.07 Å². The number of fused-ring (bicyclic) bond motifs is 3. The Hall–Kier alpha value is -3.07. The quantitative estimate of drug-likeness (QED) is 0.410. The molecule has 1 aliphatic carbocycles. The van der Waals surface area contributed by atoms with E-state index >= 15 is 4.39 Å². The van der Waals surface area contributed by atoms with Gasteiger partial charge in [0.25, 0.3) is 15.9 Å². The van der Waals surface area contributed by atoms with Gasteiger partial charge in [0.05, 0.1) is 22.8 Å². The molecule has 2 saturated heterocycles. The van der Waals surface area contributed by atoms with Crippen LogP contribution in [-0.2, 0) is 26.0 Å². The first kappa shape index (κ1) is 29.9. The first-order valence-corrected chi connectivity index (χ1v) is 14.9. The molecule has 0 spiro atoms. The van der Waals surface area contributed by atoms with Crippen LogP contribution in [0, 0.1) is 28.4 Å². The maximum atomic E-state index is 15.4. The van der Waals surface area contributed by atoms with E-state index in [0.29, 0.717) is 45.3 Å². The summed E-state index contributed by atoms with van der Waals surface area (Å²) in [6.07, 6.45) is 4.12. The van der Waals surface area contributed by atoms with Crippen LogP contribution >= 0.6 is 0 Å². The maximum Gasteiger partial charge on any atom is 0.265 e. The molecule has 0 unspecified atom stereocenters. The van der Waals surface area contributed by atoms with Crippen molar-refractivity contribution >= 4 is 21.6 Å². The fraction of sp³-hybridized carbons (Fsp3) is 0.517. The molecule has 2 heterocycles. The molecule has 40 heavy (non-hydrogen) atoms. The van der Waals surface area contributed by atoms with Crippen LogP contribution in [0.2, 0.25) is 0 Å². The number of rotatable bonds is 11. The molecule has 0 radical (unpaired) electrons. The van der Waals surface area contributed by atoms with E-state index in [2.05, 4.69) is 17.0 Å². The molecular formula is C29H36F2N4O4S. The van der Waals surface area contributed by atoms with E-state index in [1.54, 1.807) is 12.1 Å². The molecule has 216 valence electrons. The Balaban J connectivity index is 1.52. The largest absolute Gasteiger partial charge is 0.379 e. The number of hydrogen-bond donors (Lipinski definition) is 2. The highest BCUT2D eigenvalue weighted by Crippen LogP contribution is 2.48. The third-order valence-electron chi connectivity index (χ3n) is 8.07. The van der Waals surface area contributed by atoms with Crippen molar-refractivity contribution in [2.45, 2.75) is 68.4 Å². The number of nitrogens with zero attached hydrogens (tertiary/aromatic N) is 2. The van der Waals surface area contributed by atoms with Crippen LogP contribution in [0.25, 0.3) is 0 Å². The summed E-state index contributed by atoms with van der Waals surface area (Å²) >= 11 is 0. The number of nitriles is 1. The van der Waals surface area contributed by atoms with E-state index in [0.717, 1.165) is 30.5 Å². The Morgan fingerprint density at radius 1 is 1.12 bits per heavy atom. The molecule has 1 saturated carbocycles. The zero-order valence-electron chi connectivity index (χ0n) is 23.1. The van der Waals surface area contributed by atoms with Gasteiger partial charge in [0.15, 0.2) is 0 Å². The average Bonchev–Trinajstić information content (AvgIpc) is 2.92. The number of carbonyl (C=O) groups excluding carboxylic acids is 1. The van der Waals surface area contributed by atoms with Crippen molar-refractivity contribution in [3.05, 3.63) is 59.2 Å². The van der Waals surface area contributed by atoms with Crippen LogP contribution in [0.1, 0.15) is 56.6 Å². The summed E-state index contributed by atoms with van der Waals surface area (Å²) in [5.41, 5.74) is -0.591. The number of benzene rings is 2. The summed E-state index contributed by atoms with van der Waals surface area (Å²) in [5.74, 6) is -2.01. The summed E-state index contributed by atoms with van der Waals surface area (Å²) in [6.45, 7) is 3.15. The van der Waals surface area contributed by atoms with Gasteiger partial charge in [-0.1, -0.05) is 19.1 Å². The highest BCUT2D eigenvalue weighted by molar-refractivity contribution is 7.90. The van der Waals surface area contributed by atoms with Gasteiger partial charge < -0.3 is 15.0 Å². The Morgan fingerprint density at radius 3 is 2.38 bits per heavy atom. The van der Waals surface area contributed by atoms with Gasteiger partial charge in [-0.05, 0) is 101 Å². The molecule has 1 atom stereocenters. The van der Waals surface area contributed by atoms with Gasteiger partial charge in [0.2, 0.25) is 0 Å². The number of carbonyl (C=O) groups is 1. The Kier molecular flexibility index (Phi) is 8.83. The van der Waals surface area contributed by atoms with Crippen LogP contribution in [-0.4, -0.2) is 58.1 Å². The van der Waals surface area contributed by atoms with Crippen molar-refractivity contribution in [2.75, 3.05) is 32.6 Å². The second-order valence-corrected chi connectivity index (χ2v) is 13.2. The van der Waals surface area contributed by atoms with Gasteiger partial charge in [-0.25, -0.2) is 21.9 Å². The van der Waals surface area contributed by atoms with E-state index in [1.165, 1.54) is 12.1 Å². The lowest BCUT2D eigenvalue weighted by molar-refractivity contribution is -0.188. The van der Waals surface area contributed by atoms with Gasteiger partial charge in [-0.2, -0.15) is 5.26 Å². The minimum absolute atomic E-state index is 0.00200. The lowest BCUT2D eigenvalue weighted by Gasteiger charge is -2.50. The number of halogens is 2. The summed E-state index contributed by atoms with van der Waals surface area (Å²) in [7, 11) is -0.637. The first-order chi connectivity index (χ1) is 18.8. The second kappa shape index (κ2) is 11.8. The summed E-state index contributed by atoms with van der Waals surface area (Å²) in [6, 6.07) is 9.67. The van der Waals surface area contributed by atoms with Gasteiger partial charge in [-0.15, -0.1) is 0 Å². The average molecular weight is 575 g/mol. The first-order valence-electron chi connectivity index (χ1n) is 13.5. The molecule has 3 aliphatic rings. The minimum Gasteiger partial charge on any atom is -0.379 e. The van der Waals surface area contributed by atoms with Crippen LogP contribution in [0.4, 0.5) is 14.5 Å². The molecular weight excluding hydrogens is 538 g/mol. The summed E-state index contributed by atoms with van der Waals surface area (Å²) in [5, 5.41) is 12.9. The molecule has 5 rings (SSSR count). The summed E-state index contributed by atoms with van der Waals surface area (Å²) < 4.78 is 62.8. The number of amides is 1. The minimum atomic E-state index is -4.46. The lowest BCUT2D eigenvalue weighted by Crippen LogP contribution is -2.58. The number of sulfonamides is 1. The fourth-order valence-electron chi connectivity index (χ4n) is 5.30. The number of hydrogen-bond acceptors (Lipinski definition) is 7. The number of ether oxygens (including phenoxy) is 1. The fourth-order valence-corrected chi connectivity index (χ4v) is 6.38. The zero-order chi connectivity index (χ0) is 29.1. The van der Waals surface area contributed by atoms with Crippen LogP contribution in [0.5, 0.6) is 0 Å². The number of anilines is 1. The molecule has 8 nitrogen and oxygen atoms in total. The van der Waals surface area contributed by atoms with E-state index in [4.69, 9.17) is 4.74 Å².